The Balaban J connectivity index is 1.67. The normalized spacial score (nSPS) is 16.9. The van der Waals surface area contributed by atoms with Gasteiger partial charge in [0.2, 0.25) is 0 Å². The van der Waals surface area contributed by atoms with Crippen LogP contribution in [-0.2, 0) is 4.74 Å². The molecule has 10 heteroatoms. The average molecular weight is 444 g/mol. The molecule has 2 atom stereocenters. The Morgan fingerprint density at radius 2 is 2.19 bits per heavy atom. The minimum Gasteiger partial charge on any atom is -0.490 e. The monoisotopic (exact) mass is 443 g/mol. The average Bonchev–Trinajstić information content (AvgIpc) is 3.40. The molecule has 3 heterocycles. The van der Waals surface area contributed by atoms with Crippen molar-refractivity contribution in [2.24, 2.45) is 0 Å². The van der Waals surface area contributed by atoms with E-state index in [0.29, 0.717) is 29.9 Å². The quantitative estimate of drug-likeness (QED) is 0.511. The molecule has 164 valence electrons. The van der Waals surface area contributed by atoms with Crippen LogP contribution in [-0.4, -0.2) is 52.0 Å². The second kappa shape index (κ2) is 9.54. The number of hydrogen-bond acceptors (Lipinski definition) is 8. The van der Waals surface area contributed by atoms with E-state index in [0.717, 1.165) is 40.8 Å². The Hall–Kier alpha value is -2.82. The van der Waals surface area contributed by atoms with Crippen molar-refractivity contribution in [2.75, 3.05) is 25.1 Å². The number of carbonyl (C=O) groups is 1. The molecule has 1 fully saturated rings. The summed E-state index contributed by atoms with van der Waals surface area (Å²) in [4.78, 5) is 24.9. The molecule has 2 aromatic heterocycles. The molecule has 0 spiro atoms. The van der Waals surface area contributed by atoms with E-state index < -0.39 is 6.10 Å². The van der Waals surface area contributed by atoms with Crippen LogP contribution in [0.25, 0.3) is 21.3 Å². The third-order valence-electron chi connectivity index (χ3n) is 4.85. The number of anilines is 1. The first-order valence-corrected chi connectivity index (χ1v) is 11.1. The van der Waals surface area contributed by atoms with Crippen molar-refractivity contribution in [1.29, 1.82) is 0 Å². The molecular weight excluding hydrogens is 418 g/mol. The van der Waals surface area contributed by atoms with Crippen molar-refractivity contribution in [3.05, 3.63) is 30.4 Å². The van der Waals surface area contributed by atoms with Crippen LogP contribution in [0.1, 0.15) is 38.6 Å². The SMILES string of the molecule is CCNC(=O)Nc1nc2cc(-c3cnc(C(C)O)nc3)c(OCC3CCCO3)cc2s1. The number of aliphatic hydroxyl groups is 1. The molecule has 1 aromatic carbocycles. The standard InChI is InChI=1S/C21H25N5O4S/c1-3-22-20(28)26-21-25-16-7-15(13-9-23-19(12(2)27)24-10-13)17(8-18(16)31-21)30-11-14-5-4-6-29-14/h7-10,12,14,27H,3-6,11H2,1-2H3,(H2,22,25,26,28). The lowest BCUT2D eigenvalue weighted by Gasteiger charge is -2.15. The van der Waals surface area contributed by atoms with E-state index >= 15 is 0 Å². The molecule has 1 aliphatic rings. The highest BCUT2D eigenvalue weighted by atomic mass is 32.1. The molecule has 3 aromatic rings. The molecule has 4 rings (SSSR count). The van der Waals surface area contributed by atoms with E-state index in [1.807, 2.05) is 19.1 Å². The van der Waals surface area contributed by atoms with Crippen molar-refractivity contribution >= 4 is 32.7 Å². The first-order chi connectivity index (χ1) is 15.0. The van der Waals surface area contributed by atoms with Crippen molar-refractivity contribution in [3.8, 4) is 16.9 Å². The third kappa shape index (κ3) is 5.09. The van der Waals surface area contributed by atoms with Gasteiger partial charge < -0.3 is 19.9 Å². The Morgan fingerprint density at radius 3 is 2.87 bits per heavy atom. The van der Waals surface area contributed by atoms with E-state index in [1.165, 1.54) is 11.3 Å². The molecule has 9 nitrogen and oxygen atoms in total. The summed E-state index contributed by atoms with van der Waals surface area (Å²) in [7, 11) is 0. The second-order valence-electron chi connectivity index (χ2n) is 7.27. The van der Waals surface area contributed by atoms with Crippen LogP contribution >= 0.6 is 11.3 Å². The van der Waals surface area contributed by atoms with Crippen molar-refractivity contribution in [2.45, 2.75) is 38.9 Å². The summed E-state index contributed by atoms with van der Waals surface area (Å²) in [5.74, 6) is 1.03. The van der Waals surface area contributed by atoms with Gasteiger partial charge in [-0.15, -0.1) is 0 Å². The van der Waals surface area contributed by atoms with Gasteiger partial charge in [0.05, 0.1) is 16.3 Å². The van der Waals surface area contributed by atoms with Gasteiger partial charge in [-0.1, -0.05) is 11.3 Å². The number of rotatable bonds is 7. The van der Waals surface area contributed by atoms with E-state index in [-0.39, 0.29) is 12.1 Å². The minimum absolute atomic E-state index is 0.0776. The maximum absolute atomic E-state index is 11.8. The Labute approximate surface area is 183 Å². The summed E-state index contributed by atoms with van der Waals surface area (Å²) in [6.45, 7) is 5.22. The van der Waals surface area contributed by atoms with Crippen LogP contribution in [0.5, 0.6) is 5.75 Å². The molecule has 3 N–H and O–H groups in total. The van der Waals surface area contributed by atoms with Crippen LogP contribution in [0.3, 0.4) is 0 Å². The Kier molecular flexibility index (Phi) is 6.59. The Bertz CT molecular complexity index is 1050. The summed E-state index contributed by atoms with van der Waals surface area (Å²) in [5.41, 5.74) is 2.27. The zero-order valence-electron chi connectivity index (χ0n) is 17.4. The molecule has 0 aliphatic carbocycles. The fourth-order valence-electron chi connectivity index (χ4n) is 3.31. The van der Waals surface area contributed by atoms with E-state index in [2.05, 4.69) is 25.6 Å². The van der Waals surface area contributed by atoms with Crippen molar-refractivity contribution in [3.63, 3.8) is 0 Å². The maximum atomic E-state index is 11.8. The summed E-state index contributed by atoms with van der Waals surface area (Å²) >= 11 is 1.38. The first-order valence-electron chi connectivity index (χ1n) is 10.3. The highest BCUT2D eigenvalue weighted by molar-refractivity contribution is 7.22. The largest absolute Gasteiger partial charge is 0.490 e. The molecule has 0 radical (unpaired) electrons. The number of benzene rings is 1. The minimum atomic E-state index is -0.742. The molecule has 0 saturated carbocycles. The fourth-order valence-corrected chi connectivity index (χ4v) is 4.18. The van der Waals surface area contributed by atoms with Gasteiger partial charge >= 0.3 is 6.03 Å². The van der Waals surface area contributed by atoms with Gasteiger partial charge in [-0.25, -0.2) is 19.7 Å². The topological polar surface area (TPSA) is 118 Å². The van der Waals surface area contributed by atoms with Crippen LogP contribution in [0.2, 0.25) is 0 Å². The lowest BCUT2D eigenvalue weighted by atomic mass is 10.1. The number of carbonyl (C=O) groups excluding carboxylic acids is 1. The van der Waals surface area contributed by atoms with Gasteiger partial charge in [0, 0.05) is 42.7 Å². The van der Waals surface area contributed by atoms with Gasteiger partial charge in [-0.3, -0.25) is 5.32 Å². The number of aromatic nitrogens is 3. The molecule has 0 bridgehead atoms. The number of hydrogen-bond donors (Lipinski definition) is 3. The number of aliphatic hydroxyl groups excluding tert-OH is 1. The Morgan fingerprint density at radius 1 is 1.39 bits per heavy atom. The fraction of sp³-hybridized carbons (Fsp3) is 0.429. The lowest BCUT2D eigenvalue weighted by molar-refractivity contribution is 0.0682. The smallest absolute Gasteiger partial charge is 0.321 e. The highest BCUT2D eigenvalue weighted by Gasteiger charge is 2.19. The number of nitrogens with zero attached hydrogens (tertiary/aromatic N) is 3. The number of fused-ring (bicyclic) bond motifs is 1. The van der Waals surface area contributed by atoms with Gasteiger partial charge in [-0.05, 0) is 32.8 Å². The van der Waals surface area contributed by atoms with Crippen molar-refractivity contribution in [1.82, 2.24) is 20.3 Å². The summed E-state index contributed by atoms with van der Waals surface area (Å²) < 4.78 is 12.7. The van der Waals surface area contributed by atoms with Crippen LogP contribution < -0.4 is 15.4 Å². The number of amides is 2. The van der Waals surface area contributed by atoms with Crippen molar-refractivity contribution < 1.29 is 19.4 Å². The zero-order chi connectivity index (χ0) is 21.8. The summed E-state index contributed by atoms with van der Waals surface area (Å²) in [6, 6.07) is 3.53. The van der Waals surface area contributed by atoms with Crippen LogP contribution in [0, 0.1) is 0 Å². The lowest BCUT2D eigenvalue weighted by Crippen LogP contribution is -2.28. The molecule has 2 amide bonds. The third-order valence-corrected chi connectivity index (χ3v) is 5.79. The molecule has 31 heavy (non-hydrogen) atoms. The van der Waals surface area contributed by atoms with Crippen LogP contribution in [0.4, 0.5) is 9.93 Å². The molecule has 1 saturated heterocycles. The predicted octanol–water partition coefficient (Wildman–Crippen LogP) is 3.51. The maximum Gasteiger partial charge on any atom is 0.321 e. The van der Waals surface area contributed by atoms with E-state index in [9.17, 15) is 9.90 Å². The van der Waals surface area contributed by atoms with Gasteiger partial charge in [0.25, 0.3) is 0 Å². The van der Waals surface area contributed by atoms with Crippen LogP contribution in [0.15, 0.2) is 24.5 Å². The number of urea groups is 1. The highest BCUT2D eigenvalue weighted by Crippen LogP contribution is 2.37. The summed E-state index contributed by atoms with van der Waals surface area (Å²) in [6.07, 6.45) is 4.68. The predicted molar refractivity (Wildman–Crippen MR) is 118 cm³/mol. The number of ether oxygens (including phenoxy) is 2. The zero-order valence-corrected chi connectivity index (χ0v) is 18.2. The van der Waals surface area contributed by atoms with Gasteiger partial charge in [0.1, 0.15) is 18.5 Å². The second-order valence-corrected chi connectivity index (χ2v) is 8.30. The molecule has 1 aliphatic heterocycles. The van der Waals surface area contributed by atoms with Gasteiger partial charge in [0.15, 0.2) is 11.0 Å². The number of nitrogens with one attached hydrogen (secondary N) is 2. The van der Waals surface area contributed by atoms with E-state index in [4.69, 9.17) is 9.47 Å². The van der Waals surface area contributed by atoms with Gasteiger partial charge in [-0.2, -0.15) is 0 Å². The first kappa shape index (κ1) is 21.4. The summed E-state index contributed by atoms with van der Waals surface area (Å²) in [5, 5.41) is 15.6. The van der Waals surface area contributed by atoms with E-state index in [1.54, 1.807) is 19.3 Å². The number of thiazole rings is 1. The molecule has 2 unspecified atom stereocenters. The molecular formula is C21H25N5O4S.